The van der Waals surface area contributed by atoms with Gasteiger partial charge in [-0.15, -0.1) is 0 Å². The van der Waals surface area contributed by atoms with Crippen molar-refractivity contribution in [3.63, 3.8) is 0 Å². The number of rotatable bonds is 3. The first-order valence-electron chi connectivity index (χ1n) is 7.10. The third kappa shape index (κ3) is 2.27. The van der Waals surface area contributed by atoms with Crippen molar-refractivity contribution in [3.8, 4) is 5.75 Å². The molecule has 3 aromatic carbocycles. The lowest BCUT2D eigenvalue weighted by molar-refractivity contribution is 0.470. The molecule has 0 saturated carbocycles. The lowest BCUT2D eigenvalue weighted by atomic mass is 10.0. The molecule has 1 heterocycles. The van der Waals surface area contributed by atoms with Crippen LogP contribution in [0.3, 0.4) is 0 Å². The van der Waals surface area contributed by atoms with Crippen LogP contribution in [0.25, 0.3) is 21.0 Å². The molecule has 0 saturated heterocycles. The SMILES string of the molecule is Oc1ccc2ccccc2c1CNc1nc2ccccc2s1. The van der Waals surface area contributed by atoms with Gasteiger partial charge in [-0.25, -0.2) is 4.98 Å². The second-order valence-electron chi connectivity index (χ2n) is 5.12. The van der Waals surface area contributed by atoms with Gasteiger partial charge in [0.1, 0.15) is 5.75 Å². The Morgan fingerprint density at radius 3 is 2.68 bits per heavy atom. The van der Waals surface area contributed by atoms with Gasteiger partial charge in [-0.2, -0.15) is 0 Å². The molecule has 0 aliphatic heterocycles. The summed E-state index contributed by atoms with van der Waals surface area (Å²) in [6.07, 6.45) is 0. The number of phenols is 1. The van der Waals surface area contributed by atoms with E-state index >= 15 is 0 Å². The van der Waals surface area contributed by atoms with Gasteiger partial charge in [0, 0.05) is 12.1 Å². The van der Waals surface area contributed by atoms with Crippen molar-refractivity contribution in [1.29, 1.82) is 0 Å². The Bertz CT molecular complexity index is 929. The highest BCUT2D eigenvalue weighted by molar-refractivity contribution is 7.22. The maximum atomic E-state index is 10.2. The van der Waals surface area contributed by atoms with Crippen LogP contribution in [0.15, 0.2) is 60.7 Å². The molecule has 22 heavy (non-hydrogen) atoms. The zero-order chi connectivity index (χ0) is 14.9. The van der Waals surface area contributed by atoms with Crippen LogP contribution in [0.2, 0.25) is 0 Å². The largest absolute Gasteiger partial charge is 0.508 e. The van der Waals surface area contributed by atoms with E-state index in [9.17, 15) is 5.11 Å². The zero-order valence-electron chi connectivity index (χ0n) is 11.8. The minimum absolute atomic E-state index is 0.312. The van der Waals surface area contributed by atoms with Gasteiger partial charge in [-0.3, -0.25) is 0 Å². The van der Waals surface area contributed by atoms with Gasteiger partial charge in [0.2, 0.25) is 0 Å². The Hall–Kier alpha value is -2.59. The Morgan fingerprint density at radius 2 is 1.77 bits per heavy atom. The van der Waals surface area contributed by atoms with E-state index in [1.165, 1.54) is 0 Å². The van der Waals surface area contributed by atoms with Gasteiger partial charge in [0.25, 0.3) is 0 Å². The number of fused-ring (bicyclic) bond motifs is 2. The lowest BCUT2D eigenvalue weighted by Gasteiger charge is -2.09. The highest BCUT2D eigenvalue weighted by Gasteiger charge is 2.08. The number of hydrogen-bond donors (Lipinski definition) is 2. The number of benzene rings is 3. The summed E-state index contributed by atoms with van der Waals surface area (Å²) in [5.41, 5.74) is 1.90. The van der Waals surface area contributed by atoms with E-state index in [2.05, 4.69) is 22.4 Å². The van der Waals surface area contributed by atoms with Crippen molar-refractivity contribution in [1.82, 2.24) is 4.98 Å². The van der Waals surface area contributed by atoms with Gasteiger partial charge < -0.3 is 10.4 Å². The fourth-order valence-electron chi connectivity index (χ4n) is 2.62. The molecule has 0 spiro atoms. The van der Waals surface area contributed by atoms with Crippen LogP contribution in [0.4, 0.5) is 5.13 Å². The van der Waals surface area contributed by atoms with Crippen molar-refractivity contribution < 1.29 is 5.11 Å². The van der Waals surface area contributed by atoms with E-state index in [4.69, 9.17) is 0 Å². The molecule has 0 bridgehead atoms. The maximum Gasteiger partial charge on any atom is 0.184 e. The molecule has 4 rings (SSSR count). The molecular weight excluding hydrogens is 292 g/mol. The second kappa shape index (κ2) is 5.31. The molecule has 2 N–H and O–H groups in total. The number of thiazole rings is 1. The van der Waals surface area contributed by atoms with Crippen molar-refractivity contribution in [3.05, 3.63) is 66.2 Å². The standard InChI is InChI=1S/C18H14N2OS/c21-16-10-9-12-5-1-2-6-13(12)14(16)11-19-18-20-15-7-3-4-8-17(15)22-18/h1-10,21H,11H2,(H,19,20). The summed E-state index contributed by atoms with van der Waals surface area (Å²) in [5.74, 6) is 0.312. The van der Waals surface area contributed by atoms with E-state index < -0.39 is 0 Å². The maximum absolute atomic E-state index is 10.2. The molecule has 0 aliphatic carbocycles. The van der Waals surface area contributed by atoms with Crippen LogP contribution >= 0.6 is 11.3 Å². The Kier molecular flexibility index (Phi) is 3.16. The van der Waals surface area contributed by atoms with Gasteiger partial charge in [-0.05, 0) is 29.0 Å². The fourth-order valence-corrected chi connectivity index (χ4v) is 3.48. The van der Waals surface area contributed by atoms with Crippen molar-refractivity contribution >= 4 is 37.5 Å². The van der Waals surface area contributed by atoms with Crippen molar-refractivity contribution in [2.75, 3.05) is 5.32 Å². The number of phenolic OH excluding ortho intramolecular Hbond substituents is 1. The normalized spacial score (nSPS) is 11.1. The first-order chi connectivity index (χ1) is 10.8. The number of nitrogens with one attached hydrogen (secondary N) is 1. The molecule has 0 aliphatic rings. The van der Waals surface area contributed by atoms with Crippen LogP contribution < -0.4 is 5.32 Å². The van der Waals surface area contributed by atoms with E-state index in [1.54, 1.807) is 17.4 Å². The monoisotopic (exact) mass is 306 g/mol. The molecule has 4 aromatic rings. The number of nitrogens with zero attached hydrogens (tertiary/aromatic N) is 1. The number of anilines is 1. The average Bonchev–Trinajstić information content (AvgIpc) is 2.97. The summed E-state index contributed by atoms with van der Waals surface area (Å²) in [6, 6.07) is 19.8. The Morgan fingerprint density at radius 1 is 0.955 bits per heavy atom. The minimum Gasteiger partial charge on any atom is -0.508 e. The molecule has 0 unspecified atom stereocenters. The smallest absolute Gasteiger partial charge is 0.184 e. The summed E-state index contributed by atoms with van der Waals surface area (Å²) in [5, 5.41) is 16.6. The first kappa shape index (κ1) is 13.1. The summed E-state index contributed by atoms with van der Waals surface area (Å²) < 4.78 is 1.16. The van der Waals surface area contributed by atoms with Crippen LogP contribution in [0.1, 0.15) is 5.56 Å². The summed E-state index contributed by atoms with van der Waals surface area (Å²) in [6.45, 7) is 0.549. The summed E-state index contributed by atoms with van der Waals surface area (Å²) >= 11 is 1.62. The van der Waals surface area contributed by atoms with E-state index in [-0.39, 0.29) is 0 Å². The zero-order valence-corrected chi connectivity index (χ0v) is 12.6. The van der Waals surface area contributed by atoms with E-state index in [1.807, 2.05) is 42.5 Å². The number of hydrogen-bond acceptors (Lipinski definition) is 4. The third-order valence-corrected chi connectivity index (χ3v) is 4.72. The number of aromatic hydroxyl groups is 1. The minimum atomic E-state index is 0.312. The molecule has 0 amide bonds. The lowest BCUT2D eigenvalue weighted by Crippen LogP contribution is -2.00. The average molecular weight is 306 g/mol. The predicted octanol–water partition coefficient (Wildman–Crippen LogP) is 4.77. The predicted molar refractivity (Wildman–Crippen MR) is 92.6 cm³/mol. The first-order valence-corrected chi connectivity index (χ1v) is 7.92. The van der Waals surface area contributed by atoms with Crippen molar-refractivity contribution in [2.45, 2.75) is 6.54 Å². The summed E-state index contributed by atoms with van der Waals surface area (Å²) in [4.78, 5) is 4.56. The molecule has 0 atom stereocenters. The Labute approximate surface area is 131 Å². The third-order valence-electron chi connectivity index (χ3n) is 3.73. The topological polar surface area (TPSA) is 45.1 Å². The Balaban J connectivity index is 1.67. The highest BCUT2D eigenvalue weighted by Crippen LogP contribution is 2.30. The highest BCUT2D eigenvalue weighted by atomic mass is 32.1. The molecule has 4 heteroatoms. The van der Waals surface area contributed by atoms with Crippen molar-refractivity contribution in [2.24, 2.45) is 0 Å². The quantitative estimate of drug-likeness (QED) is 0.573. The van der Waals surface area contributed by atoms with Crippen LogP contribution in [0, 0.1) is 0 Å². The van der Waals surface area contributed by atoms with Crippen LogP contribution in [-0.2, 0) is 6.54 Å². The van der Waals surface area contributed by atoms with Crippen LogP contribution in [-0.4, -0.2) is 10.1 Å². The molecule has 1 aromatic heterocycles. The molecule has 0 radical (unpaired) electrons. The fraction of sp³-hybridized carbons (Fsp3) is 0.0556. The number of aromatic nitrogens is 1. The molecule has 0 fully saturated rings. The van der Waals surface area contributed by atoms with E-state index in [0.717, 1.165) is 31.7 Å². The van der Waals surface area contributed by atoms with Gasteiger partial charge in [0.05, 0.1) is 10.2 Å². The molecule has 108 valence electrons. The van der Waals surface area contributed by atoms with Gasteiger partial charge >= 0.3 is 0 Å². The van der Waals surface area contributed by atoms with E-state index in [0.29, 0.717) is 12.3 Å². The molecule has 3 nitrogen and oxygen atoms in total. The number of para-hydroxylation sites is 1. The van der Waals surface area contributed by atoms with Gasteiger partial charge in [0.15, 0.2) is 5.13 Å². The molecular formula is C18H14N2OS. The van der Waals surface area contributed by atoms with Crippen LogP contribution in [0.5, 0.6) is 5.75 Å². The second-order valence-corrected chi connectivity index (χ2v) is 6.16. The van der Waals surface area contributed by atoms with Gasteiger partial charge in [-0.1, -0.05) is 53.8 Å². The summed E-state index contributed by atoms with van der Waals surface area (Å²) in [7, 11) is 0.